The van der Waals surface area contributed by atoms with Crippen LogP contribution in [-0.2, 0) is 4.74 Å². The predicted molar refractivity (Wildman–Crippen MR) is 79.7 cm³/mol. The normalized spacial score (nSPS) is 14.4. The second-order valence-electron chi connectivity index (χ2n) is 5.36. The Morgan fingerprint density at radius 2 is 1.84 bits per heavy atom. The van der Waals surface area contributed by atoms with Gasteiger partial charge in [0.2, 0.25) is 0 Å². The molecule has 3 nitrogen and oxygen atoms in total. The van der Waals surface area contributed by atoms with Crippen LogP contribution in [0.2, 0.25) is 0 Å². The lowest BCUT2D eigenvalue weighted by atomic mass is 10.1. The molecule has 0 aliphatic rings. The van der Waals surface area contributed by atoms with Gasteiger partial charge >= 0.3 is 0 Å². The van der Waals surface area contributed by atoms with Crippen LogP contribution in [-0.4, -0.2) is 26.8 Å². The van der Waals surface area contributed by atoms with E-state index in [9.17, 15) is 0 Å². The summed E-state index contributed by atoms with van der Waals surface area (Å²) in [5.41, 5.74) is 1.11. The predicted octanol–water partition coefficient (Wildman–Crippen LogP) is 3.41. The third kappa shape index (κ3) is 5.21. The van der Waals surface area contributed by atoms with Gasteiger partial charge in [-0.25, -0.2) is 0 Å². The highest BCUT2D eigenvalue weighted by atomic mass is 16.5. The van der Waals surface area contributed by atoms with Crippen LogP contribution in [0.5, 0.6) is 5.75 Å². The molecule has 108 valence electrons. The molecular weight excluding hydrogens is 238 g/mol. The largest absolute Gasteiger partial charge is 0.496 e. The molecule has 2 unspecified atom stereocenters. The van der Waals surface area contributed by atoms with Crippen LogP contribution >= 0.6 is 0 Å². The van der Waals surface area contributed by atoms with Crippen molar-refractivity contribution in [2.75, 3.05) is 20.7 Å². The number of rotatable bonds is 8. The SMILES string of the molecule is CNCC(OC(C)CC(C)C)c1ccccc1OC. The summed E-state index contributed by atoms with van der Waals surface area (Å²) in [4.78, 5) is 0. The van der Waals surface area contributed by atoms with E-state index in [-0.39, 0.29) is 12.2 Å². The lowest BCUT2D eigenvalue weighted by molar-refractivity contribution is -0.0127. The Morgan fingerprint density at radius 3 is 2.42 bits per heavy atom. The number of hydrogen-bond acceptors (Lipinski definition) is 3. The van der Waals surface area contributed by atoms with Gasteiger partial charge in [-0.05, 0) is 32.4 Å². The van der Waals surface area contributed by atoms with Crippen LogP contribution in [0, 0.1) is 5.92 Å². The minimum absolute atomic E-state index is 0.0231. The molecule has 0 aliphatic carbocycles. The quantitative estimate of drug-likeness (QED) is 0.781. The van der Waals surface area contributed by atoms with E-state index in [2.05, 4.69) is 32.2 Å². The molecule has 1 N–H and O–H groups in total. The Kier molecular flexibility index (Phi) is 6.89. The lowest BCUT2D eigenvalue weighted by Gasteiger charge is -2.25. The van der Waals surface area contributed by atoms with E-state index in [1.54, 1.807) is 7.11 Å². The highest BCUT2D eigenvalue weighted by Crippen LogP contribution is 2.28. The summed E-state index contributed by atoms with van der Waals surface area (Å²) in [6, 6.07) is 8.06. The Hall–Kier alpha value is -1.06. The van der Waals surface area contributed by atoms with E-state index in [0.29, 0.717) is 5.92 Å². The zero-order valence-electron chi connectivity index (χ0n) is 12.8. The number of likely N-dealkylation sites (N-methyl/N-ethyl adjacent to an activating group) is 1. The van der Waals surface area contributed by atoms with Crippen LogP contribution in [0.15, 0.2) is 24.3 Å². The molecule has 0 fully saturated rings. The van der Waals surface area contributed by atoms with Gasteiger partial charge in [0.05, 0.1) is 19.3 Å². The van der Waals surface area contributed by atoms with Crippen LogP contribution in [0.3, 0.4) is 0 Å². The molecule has 0 amide bonds. The number of para-hydroxylation sites is 1. The fourth-order valence-electron chi connectivity index (χ4n) is 2.35. The van der Waals surface area contributed by atoms with Crippen LogP contribution < -0.4 is 10.1 Å². The van der Waals surface area contributed by atoms with E-state index >= 15 is 0 Å². The molecule has 3 heteroatoms. The second kappa shape index (κ2) is 8.18. The smallest absolute Gasteiger partial charge is 0.124 e. The molecule has 1 aromatic rings. The Balaban J connectivity index is 2.81. The first-order valence-electron chi connectivity index (χ1n) is 7.01. The van der Waals surface area contributed by atoms with Gasteiger partial charge in [-0.1, -0.05) is 32.0 Å². The molecule has 19 heavy (non-hydrogen) atoms. The third-order valence-electron chi connectivity index (χ3n) is 3.08. The molecule has 0 aliphatic heterocycles. The van der Waals surface area contributed by atoms with Crippen molar-refractivity contribution in [1.29, 1.82) is 0 Å². The fourth-order valence-corrected chi connectivity index (χ4v) is 2.35. The van der Waals surface area contributed by atoms with E-state index in [4.69, 9.17) is 9.47 Å². The Morgan fingerprint density at radius 1 is 1.16 bits per heavy atom. The van der Waals surface area contributed by atoms with Crippen molar-refractivity contribution >= 4 is 0 Å². The fraction of sp³-hybridized carbons (Fsp3) is 0.625. The summed E-state index contributed by atoms with van der Waals surface area (Å²) < 4.78 is 11.6. The molecule has 0 radical (unpaired) electrons. The van der Waals surface area contributed by atoms with Crippen LogP contribution in [0.25, 0.3) is 0 Å². The van der Waals surface area contributed by atoms with Crippen molar-refractivity contribution in [3.8, 4) is 5.75 Å². The molecule has 0 saturated heterocycles. The summed E-state index contributed by atoms with van der Waals surface area (Å²) in [5.74, 6) is 1.53. The van der Waals surface area contributed by atoms with E-state index in [0.717, 1.165) is 24.3 Å². The maximum Gasteiger partial charge on any atom is 0.124 e. The van der Waals surface area contributed by atoms with Crippen molar-refractivity contribution in [2.24, 2.45) is 5.92 Å². The molecule has 2 atom stereocenters. The zero-order chi connectivity index (χ0) is 14.3. The molecule has 0 spiro atoms. The first-order valence-corrected chi connectivity index (χ1v) is 7.01. The van der Waals surface area contributed by atoms with E-state index in [1.165, 1.54) is 0 Å². The standard InChI is InChI=1S/C16H27NO2/c1-12(2)10-13(3)19-16(11-17-4)14-8-6-7-9-15(14)18-5/h6-9,12-13,16-17H,10-11H2,1-5H3. The molecule has 1 rings (SSSR count). The van der Waals surface area contributed by atoms with Crippen molar-refractivity contribution in [3.63, 3.8) is 0 Å². The molecule has 0 saturated carbocycles. The second-order valence-corrected chi connectivity index (χ2v) is 5.36. The topological polar surface area (TPSA) is 30.5 Å². The summed E-state index contributed by atoms with van der Waals surface area (Å²) in [7, 11) is 3.64. The number of hydrogen-bond donors (Lipinski definition) is 1. The van der Waals surface area contributed by atoms with Crippen LogP contribution in [0.1, 0.15) is 38.9 Å². The molecule has 1 aromatic carbocycles. The van der Waals surface area contributed by atoms with Gasteiger partial charge in [0.15, 0.2) is 0 Å². The minimum Gasteiger partial charge on any atom is -0.496 e. The molecule has 0 heterocycles. The summed E-state index contributed by atoms with van der Waals surface area (Å²) in [6.07, 6.45) is 1.33. The van der Waals surface area contributed by atoms with Crippen LogP contribution in [0.4, 0.5) is 0 Å². The lowest BCUT2D eigenvalue weighted by Crippen LogP contribution is -2.24. The first-order chi connectivity index (χ1) is 9.08. The Bertz CT molecular complexity index is 366. The highest BCUT2D eigenvalue weighted by molar-refractivity contribution is 5.35. The van der Waals surface area contributed by atoms with Gasteiger partial charge < -0.3 is 14.8 Å². The van der Waals surface area contributed by atoms with E-state index in [1.807, 2.05) is 25.2 Å². The number of benzene rings is 1. The van der Waals surface area contributed by atoms with Gasteiger partial charge in [-0.15, -0.1) is 0 Å². The minimum atomic E-state index is 0.0231. The number of methoxy groups -OCH3 is 1. The summed E-state index contributed by atoms with van der Waals surface area (Å²) >= 11 is 0. The zero-order valence-corrected chi connectivity index (χ0v) is 12.8. The van der Waals surface area contributed by atoms with Crippen molar-refractivity contribution in [2.45, 2.75) is 39.4 Å². The van der Waals surface area contributed by atoms with Gasteiger partial charge in [-0.2, -0.15) is 0 Å². The van der Waals surface area contributed by atoms with E-state index < -0.39 is 0 Å². The van der Waals surface area contributed by atoms with Crippen molar-refractivity contribution in [3.05, 3.63) is 29.8 Å². The van der Waals surface area contributed by atoms with Crippen molar-refractivity contribution in [1.82, 2.24) is 5.32 Å². The molecule has 0 aromatic heterocycles. The number of ether oxygens (including phenoxy) is 2. The van der Waals surface area contributed by atoms with Gasteiger partial charge in [0.25, 0.3) is 0 Å². The van der Waals surface area contributed by atoms with Gasteiger partial charge in [-0.3, -0.25) is 0 Å². The maximum absolute atomic E-state index is 6.19. The Labute approximate surface area is 117 Å². The third-order valence-corrected chi connectivity index (χ3v) is 3.08. The summed E-state index contributed by atoms with van der Waals surface area (Å²) in [6.45, 7) is 7.35. The van der Waals surface area contributed by atoms with Gasteiger partial charge in [0.1, 0.15) is 5.75 Å². The number of nitrogens with one attached hydrogen (secondary N) is 1. The van der Waals surface area contributed by atoms with Crippen molar-refractivity contribution < 1.29 is 9.47 Å². The highest BCUT2D eigenvalue weighted by Gasteiger charge is 2.19. The average Bonchev–Trinajstić information content (AvgIpc) is 2.37. The maximum atomic E-state index is 6.19. The molecular formula is C16H27NO2. The average molecular weight is 265 g/mol. The van der Waals surface area contributed by atoms with Gasteiger partial charge in [0, 0.05) is 12.1 Å². The first kappa shape index (κ1) is 16.0. The monoisotopic (exact) mass is 265 g/mol. The summed E-state index contributed by atoms with van der Waals surface area (Å²) in [5, 5.41) is 3.20. The molecule has 0 bridgehead atoms.